The zero-order chi connectivity index (χ0) is 17.1. The van der Waals surface area contributed by atoms with Gasteiger partial charge in [-0.3, -0.25) is 4.79 Å². The maximum absolute atomic E-state index is 12.7. The molecule has 2 aliphatic heterocycles. The van der Waals surface area contributed by atoms with Gasteiger partial charge in [0, 0.05) is 31.9 Å². The third-order valence-electron chi connectivity index (χ3n) is 4.93. The van der Waals surface area contributed by atoms with E-state index < -0.39 is 6.04 Å². The van der Waals surface area contributed by atoms with Crippen LogP contribution >= 0.6 is 0 Å². The molecule has 2 atom stereocenters. The molecule has 1 aromatic rings. The number of para-hydroxylation sites is 1. The summed E-state index contributed by atoms with van der Waals surface area (Å²) < 4.78 is 0. The van der Waals surface area contributed by atoms with Crippen LogP contribution < -0.4 is 10.2 Å². The fraction of sp³-hybridized carbons (Fsp3) is 0.556. The van der Waals surface area contributed by atoms with E-state index in [2.05, 4.69) is 5.32 Å². The van der Waals surface area contributed by atoms with Crippen molar-refractivity contribution < 1.29 is 14.7 Å². The molecule has 0 aromatic heterocycles. The largest absolute Gasteiger partial charge is 0.396 e. The Labute approximate surface area is 142 Å². The summed E-state index contributed by atoms with van der Waals surface area (Å²) in [4.78, 5) is 28.6. The lowest BCUT2D eigenvalue weighted by molar-refractivity contribution is -0.120. The number of likely N-dealkylation sites (tertiary alicyclic amines) is 1. The van der Waals surface area contributed by atoms with Crippen molar-refractivity contribution in [2.75, 3.05) is 31.1 Å². The van der Waals surface area contributed by atoms with Crippen LogP contribution in [0.15, 0.2) is 24.3 Å². The minimum absolute atomic E-state index is 0.0796. The molecule has 0 spiro atoms. The number of amides is 3. The fourth-order valence-corrected chi connectivity index (χ4v) is 3.54. The zero-order valence-electron chi connectivity index (χ0n) is 14.1. The van der Waals surface area contributed by atoms with Crippen LogP contribution in [0, 0.1) is 5.92 Å². The van der Waals surface area contributed by atoms with E-state index in [4.69, 9.17) is 0 Å². The molecule has 3 amide bonds. The molecule has 0 bridgehead atoms. The molecule has 1 aromatic carbocycles. The number of anilines is 1. The second-order valence-corrected chi connectivity index (χ2v) is 6.68. The van der Waals surface area contributed by atoms with Crippen molar-refractivity contribution in [2.45, 2.75) is 32.2 Å². The summed E-state index contributed by atoms with van der Waals surface area (Å²) in [6.07, 6.45) is 2.69. The topological polar surface area (TPSA) is 72.9 Å². The van der Waals surface area contributed by atoms with Crippen LogP contribution in [0.25, 0.3) is 0 Å². The van der Waals surface area contributed by atoms with E-state index in [1.165, 1.54) is 5.56 Å². The lowest BCUT2D eigenvalue weighted by Crippen LogP contribution is -2.53. The lowest BCUT2D eigenvalue weighted by atomic mass is 9.99. The summed E-state index contributed by atoms with van der Waals surface area (Å²) in [5, 5.41) is 12.1. The van der Waals surface area contributed by atoms with Gasteiger partial charge >= 0.3 is 6.03 Å². The SMILES string of the molecule is C[C@@H](NC(=O)N1CCC[C@@H](CO)C1)C(=O)N1CCc2ccccc21. The highest BCUT2D eigenvalue weighted by Crippen LogP contribution is 2.27. The predicted molar refractivity (Wildman–Crippen MR) is 91.9 cm³/mol. The van der Waals surface area contributed by atoms with Crippen molar-refractivity contribution in [1.29, 1.82) is 0 Å². The van der Waals surface area contributed by atoms with Gasteiger partial charge in [0.15, 0.2) is 0 Å². The first-order valence-corrected chi connectivity index (χ1v) is 8.65. The van der Waals surface area contributed by atoms with E-state index in [0.717, 1.165) is 24.9 Å². The summed E-state index contributed by atoms with van der Waals surface area (Å²) in [7, 11) is 0. The fourth-order valence-electron chi connectivity index (χ4n) is 3.54. The molecule has 24 heavy (non-hydrogen) atoms. The minimum atomic E-state index is -0.571. The highest BCUT2D eigenvalue weighted by Gasteiger charge is 2.30. The maximum atomic E-state index is 12.7. The number of urea groups is 1. The molecule has 2 N–H and O–H groups in total. The standard InChI is InChI=1S/C18H25N3O3/c1-13(19-18(24)20-9-4-5-14(11-20)12-22)17(23)21-10-8-15-6-2-3-7-16(15)21/h2-3,6-7,13-14,22H,4-5,8-12H2,1H3,(H,19,24)/t13-,14-/m1/s1. The van der Waals surface area contributed by atoms with Gasteiger partial charge in [-0.2, -0.15) is 0 Å². The van der Waals surface area contributed by atoms with Crippen molar-refractivity contribution in [2.24, 2.45) is 5.92 Å². The molecule has 3 rings (SSSR count). The third kappa shape index (κ3) is 3.38. The molecule has 6 heteroatoms. The molecule has 0 aliphatic carbocycles. The van der Waals surface area contributed by atoms with E-state index in [1.807, 2.05) is 24.3 Å². The molecular formula is C18H25N3O3. The number of carbonyl (C=O) groups is 2. The second-order valence-electron chi connectivity index (χ2n) is 6.68. The van der Waals surface area contributed by atoms with Crippen LogP contribution in [0.1, 0.15) is 25.3 Å². The first-order valence-electron chi connectivity index (χ1n) is 8.65. The Balaban J connectivity index is 1.59. The monoisotopic (exact) mass is 331 g/mol. The number of nitrogens with zero attached hydrogens (tertiary/aromatic N) is 2. The highest BCUT2D eigenvalue weighted by molar-refractivity contribution is 6.00. The molecule has 2 heterocycles. The number of benzene rings is 1. The number of aliphatic hydroxyl groups is 1. The molecule has 0 radical (unpaired) electrons. The smallest absolute Gasteiger partial charge is 0.318 e. The minimum Gasteiger partial charge on any atom is -0.396 e. The first-order chi connectivity index (χ1) is 11.6. The van der Waals surface area contributed by atoms with Crippen LogP contribution in [-0.4, -0.2) is 54.2 Å². The van der Waals surface area contributed by atoms with Gasteiger partial charge in [-0.05, 0) is 43.7 Å². The average molecular weight is 331 g/mol. The third-order valence-corrected chi connectivity index (χ3v) is 4.93. The van der Waals surface area contributed by atoms with Crippen molar-refractivity contribution in [3.05, 3.63) is 29.8 Å². The number of hydrogen-bond acceptors (Lipinski definition) is 3. The van der Waals surface area contributed by atoms with E-state index in [0.29, 0.717) is 19.6 Å². The normalized spacial score (nSPS) is 21.3. The number of piperidine rings is 1. The number of nitrogens with one attached hydrogen (secondary N) is 1. The number of hydrogen-bond donors (Lipinski definition) is 2. The number of fused-ring (bicyclic) bond motifs is 1. The average Bonchev–Trinajstić information content (AvgIpc) is 3.05. The Hall–Kier alpha value is -2.08. The van der Waals surface area contributed by atoms with Gasteiger partial charge in [0.05, 0.1) is 0 Å². The number of aliphatic hydroxyl groups excluding tert-OH is 1. The molecule has 1 saturated heterocycles. The zero-order valence-corrected chi connectivity index (χ0v) is 14.1. The summed E-state index contributed by atoms with van der Waals surface area (Å²) in [6.45, 7) is 3.72. The van der Waals surface area contributed by atoms with Crippen LogP contribution in [0.5, 0.6) is 0 Å². The maximum Gasteiger partial charge on any atom is 0.318 e. The Morgan fingerprint density at radius 2 is 2.12 bits per heavy atom. The van der Waals surface area contributed by atoms with Gasteiger partial charge in [0.1, 0.15) is 6.04 Å². The molecular weight excluding hydrogens is 306 g/mol. The summed E-state index contributed by atoms with van der Waals surface area (Å²) in [5.74, 6) is 0.0602. The van der Waals surface area contributed by atoms with Crippen molar-refractivity contribution >= 4 is 17.6 Å². The Morgan fingerprint density at radius 3 is 2.92 bits per heavy atom. The van der Waals surface area contributed by atoms with Crippen LogP contribution in [-0.2, 0) is 11.2 Å². The van der Waals surface area contributed by atoms with E-state index in [9.17, 15) is 14.7 Å². The first kappa shape index (κ1) is 16.8. The van der Waals surface area contributed by atoms with Gasteiger partial charge in [0.25, 0.3) is 0 Å². The Morgan fingerprint density at radius 1 is 1.33 bits per heavy atom. The van der Waals surface area contributed by atoms with E-state index >= 15 is 0 Å². The summed E-state index contributed by atoms with van der Waals surface area (Å²) in [6, 6.07) is 7.10. The summed E-state index contributed by atoms with van der Waals surface area (Å²) >= 11 is 0. The van der Waals surface area contributed by atoms with Crippen LogP contribution in [0.3, 0.4) is 0 Å². The molecule has 0 unspecified atom stereocenters. The molecule has 2 aliphatic rings. The Bertz CT molecular complexity index is 619. The van der Waals surface area contributed by atoms with Crippen molar-refractivity contribution in [1.82, 2.24) is 10.2 Å². The molecule has 1 fully saturated rings. The second kappa shape index (κ2) is 7.21. The highest BCUT2D eigenvalue weighted by atomic mass is 16.3. The van der Waals surface area contributed by atoms with Crippen molar-refractivity contribution in [3.8, 4) is 0 Å². The molecule has 0 saturated carbocycles. The van der Waals surface area contributed by atoms with Crippen molar-refractivity contribution in [3.63, 3.8) is 0 Å². The quantitative estimate of drug-likeness (QED) is 0.879. The van der Waals surface area contributed by atoms with Gasteiger partial charge in [0.2, 0.25) is 5.91 Å². The van der Waals surface area contributed by atoms with Gasteiger partial charge in [-0.25, -0.2) is 4.79 Å². The van der Waals surface area contributed by atoms with Gasteiger partial charge in [-0.15, -0.1) is 0 Å². The molecule has 130 valence electrons. The van der Waals surface area contributed by atoms with E-state index in [1.54, 1.807) is 16.7 Å². The Kier molecular flexibility index (Phi) is 5.04. The van der Waals surface area contributed by atoms with Crippen LogP contribution in [0.2, 0.25) is 0 Å². The lowest BCUT2D eigenvalue weighted by Gasteiger charge is -2.33. The predicted octanol–water partition coefficient (Wildman–Crippen LogP) is 1.38. The van der Waals surface area contributed by atoms with Gasteiger partial charge in [-0.1, -0.05) is 18.2 Å². The number of rotatable bonds is 3. The summed E-state index contributed by atoms with van der Waals surface area (Å²) in [5.41, 5.74) is 2.12. The molecule has 6 nitrogen and oxygen atoms in total. The van der Waals surface area contributed by atoms with Crippen LogP contribution in [0.4, 0.5) is 10.5 Å². The van der Waals surface area contributed by atoms with E-state index in [-0.39, 0.29) is 24.5 Å². The van der Waals surface area contributed by atoms with Gasteiger partial charge < -0.3 is 20.2 Å². The number of carbonyl (C=O) groups excluding carboxylic acids is 2.